The molecule has 0 saturated heterocycles. The number of nitrogens with one attached hydrogen (secondary N) is 1. The van der Waals surface area contributed by atoms with Gasteiger partial charge < -0.3 is 5.73 Å². The van der Waals surface area contributed by atoms with Gasteiger partial charge in [0.25, 0.3) is 0 Å². The molecule has 0 atom stereocenters. The third-order valence-corrected chi connectivity index (χ3v) is 1.46. The summed E-state index contributed by atoms with van der Waals surface area (Å²) in [7, 11) is 0. The van der Waals surface area contributed by atoms with Crippen molar-refractivity contribution in [2.75, 3.05) is 5.73 Å². The first-order valence-corrected chi connectivity index (χ1v) is 3.05. The third kappa shape index (κ3) is 2.22. The van der Waals surface area contributed by atoms with Crippen molar-refractivity contribution < 1.29 is 0 Å². The van der Waals surface area contributed by atoms with Crippen LogP contribution < -0.4 is 5.73 Å². The minimum atomic E-state index is 0. The van der Waals surface area contributed by atoms with Gasteiger partial charge >= 0.3 is 0 Å². The van der Waals surface area contributed by atoms with Crippen molar-refractivity contribution in [3.8, 4) is 0 Å². The summed E-state index contributed by atoms with van der Waals surface area (Å²) in [6.45, 7) is 0. The van der Waals surface area contributed by atoms with Crippen LogP contribution in [0.5, 0.6) is 0 Å². The molecule has 0 saturated carbocycles. The lowest BCUT2D eigenvalue weighted by molar-refractivity contribution is 1.12. The number of aromatic nitrogens is 2. The normalized spacial score (nSPS) is 8.67. The Balaban J connectivity index is 0.000000605. The number of anilines is 1. The van der Waals surface area contributed by atoms with E-state index in [1.165, 1.54) is 0 Å². The molecule has 0 aliphatic heterocycles. The highest BCUT2D eigenvalue weighted by Crippen LogP contribution is 2.13. The number of nitrogens with zero attached hydrogens (tertiary/aromatic N) is 1. The van der Waals surface area contributed by atoms with Gasteiger partial charge in [-0.05, 0) is 18.2 Å². The lowest BCUT2D eigenvalue weighted by Gasteiger charge is -1.89. The van der Waals surface area contributed by atoms with E-state index in [2.05, 4.69) is 10.2 Å². The van der Waals surface area contributed by atoms with Crippen LogP contribution in [0.25, 0.3) is 10.9 Å². The molecule has 1 aromatic heterocycles. The van der Waals surface area contributed by atoms with Gasteiger partial charge in [-0.1, -0.05) is 0 Å². The topological polar surface area (TPSA) is 54.7 Å². The highest BCUT2D eigenvalue weighted by Gasteiger charge is 1.92. The zero-order valence-electron chi connectivity index (χ0n) is 6.15. The number of aromatic amines is 1. The maximum atomic E-state index is 5.54. The second-order valence-corrected chi connectivity index (χ2v) is 2.22. The summed E-state index contributed by atoms with van der Waals surface area (Å²) in [5.41, 5.74) is 7.34. The predicted octanol–water partition coefficient (Wildman–Crippen LogP) is 2.38. The SMILES string of the molecule is I.I.Nc1ccc2[nH]ncc2c1. The number of H-pyrrole nitrogens is 1. The molecule has 0 amide bonds. The van der Waals surface area contributed by atoms with Crippen molar-refractivity contribution in [3.05, 3.63) is 24.4 Å². The molecule has 2 aromatic rings. The third-order valence-electron chi connectivity index (χ3n) is 1.46. The van der Waals surface area contributed by atoms with Crippen molar-refractivity contribution in [2.45, 2.75) is 0 Å². The lowest BCUT2D eigenvalue weighted by Crippen LogP contribution is -1.81. The van der Waals surface area contributed by atoms with Gasteiger partial charge in [0.15, 0.2) is 0 Å². The summed E-state index contributed by atoms with van der Waals surface area (Å²) in [5.74, 6) is 0. The molecule has 0 aliphatic carbocycles. The Labute approximate surface area is 104 Å². The molecule has 0 bridgehead atoms. The average molecular weight is 389 g/mol. The quantitative estimate of drug-likeness (QED) is 0.537. The molecule has 0 radical (unpaired) electrons. The first kappa shape index (κ1) is 11.9. The van der Waals surface area contributed by atoms with Crippen LogP contribution in [0, 0.1) is 0 Å². The van der Waals surface area contributed by atoms with Crippen LogP contribution in [0.4, 0.5) is 5.69 Å². The minimum absolute atomic E-state index is 0. The Morgan fingerprint density at radius 2 is 2.00 bits per heavy atom. The van der Waals surface area contributed by atoms with E-state index in [0.717, 1.165) is 16.6 Å². The molecule has 66 valence electrons. The van der Waals surface area contributed by atoms with Crippen LogP contribution in [0.1, 0.15) is 0 Å². The maximum Gasteiger partial charge on any atom is 0.0651 e. The van der Waals surface area contributed by atoms with E-state index in [0.29, 0.717) is 0 Å². The monoisotopic (exact) mass is 389 g/mol. The summed E-state index contributed by atoms with van der Waals surface area (Å²) in [6, 6.07) is 5.65. The Morgan fingerprint density at radius 1 is 1.25 bits per heavy atom. The van der Waals surface area contributed by atoms with Crippen LogP contribution in [0.2, 0.25) is 0 Å². The first-order chi connectivity index (χ1) is 4.86. The summed E-state index contributed by atoms with van der Waals surface area (Å²) >= 11 is 0. The predicted molar refractivity (Wildman–Crippen MR) is 71.3 cm³/mol. The van der Waals surface area contributed by atoms with Crippen LogP contribution in [0.15, 0.2) is 24.4 Å². The number of halogens is 2. The van der Waals surface area contributed by atoms with Gasteiger partial charge in [-0.25, -0.2) is 0 Å². The van der Waals surface area contributed by atoms with E-state index in [4.69, 9.17) is 5.73 Å². The van der Waals surface area contributed by atoms with Gasteiger partial charge in [0.05, 0.1) is 11.7 Å². The second kappa shape index (κ2) is 4.85. The van der Waals surface area contributed by atoms with Crippen LogP contribution in [-0.4, -0.2) is 10.2 Å². The van der Waals surface area contributed by atoms with Gasteiger partial charge in [-0.15, -0.1) is 48.0 Å². The van der Waals surface area contributed by atoms with E-state index in [1.54, 1.807) is 6.20 Å². The highest BCUT2D eigenvalue weighted by molar-refractivity contribution is 14.0. The summed E-state index contributed by atoms with van der Waals surface area (Å²) < 4.78 is 0. The standard InChI is InChI=1S/C7H7N3.2HI/c8-6-1-2-7-5(3-6)4-9-10-7;;/h1-4H,8H2,(H,9,10);2*1H. The zero-order chi connectivity index (χ0) is 6.97. The number of nitrogens with two attached hydrogens (primary N) is 1. The zero-order valence-corrected chi connectivity index (χ0v) is 10.8. The Hall–Kier alpha value is -0.0500. The van der Waals surface area contributed by atoms with Crippen LogP contribution in [0.3, 0.4) is 0 Å². The number of nitrogen functional groups attached to an aromatic ring is 1. The number of rotatable bonds is 0. The molecule has 3 N–H and O–H groups in total. The molecule has 0 spiro atoms. The number of hydrogen-bond donors (Lipinski definition) is 2. The summed E-state index contributed by atoms with van der Waals surface area (Å²) in [4.78, 5) is 0. The van der Waals surface area contributed by atoms with E-state index in [1.807, 2.05) is 18.2 Å². The molecule has 0 unspecified atom stereocenters. The van der Waals surface area contributed by atoms with Gasteiger partial charge in [0, 0.05) is 11.1 Å². The van der Waals surface area contributed by atoms with Gasteiger partial charge in [0.1, 0.15) is 0 Å². The van der Waals surface area contributed by atoms with E-state index in [-0.39, 0.29) is 48.0 Å². The Morgan fingerprint density at radius 3 is 2.75 bits per heavy atom. The largest absolute Gasteiger partial charge is 0.399 e. The first-order valence-electron chi connectivity index (χ1n) is 3.05. The van der Waals surface area contributed by atoms with Crippen molar-refractivity contribution in [2.24, 2.45) is 0 Å². The van der Waals surface area contributed by atoms with E-state index < -0.39 is 0 Å². The van der Waals surface area contributed by atoms with E-state index in [9.17, 15) is 0 Å². The minimum Gasteiger partial charge on any atom is -0.399 e. The van der Waals surface area contributed by atoms with Crippen LogP contribution in [-0.2, 0) is 0 Å². The lowest BCUT2D eigenvalue weighted by atomic mass is 10.2. The highest BCUT2D eigenvalue weighted by atomic mass is 127. The summed E-state index contributed by atoms with van der Waals surface area (Å²) in [6.07, 6.45) is 1.76. The molecule has 12 heavy (non-hydrogen) atoms. The number of hydrogen-bond acceptors (Lipinski definition) is 2. The average Bonchev–Trinajstić information content (AvgIpc) is 2.33. The van der Waals surface area contributed by atoms with Crippen LogP contribution >= 0.6 is 48.0 Å². The molecule has 5 heteroatoms. The fourth-order valence-corrected chi connectivity index (χ4v) is 0.961. The van der Waals surface area contributed by atoms with Crippen molar-refractivity contribution in [1.82, 2.24) is 10.2 Å². The molecule has 1 heterocycles. The number of fused-ring (bicyclic) bond motifs is 1. The van der Waals surface area contributed by atoms with Crippen molar-refractivity contribution in [1.29, 1.82) is 0 Å². The molecule has 2 rings (SSSR count). The van der Waals surface area contributed by atoms with Gasteiger partial charge in [0.2, 0.25) is 0 Å². The van der Waals surface area contributed by atoms with E-state index >= 15 is 0 Å². The van der Waals surface area contributed by atoms with Gasteiger partial charge in [-0.2, -0.15) is 5.10 Å². The molecular formula is C7H9I2N3. The molecular weight excluding hydrogens is 380 g/mol. The smallest absolute Gasteiger partial charge is 0.0651 e. The van der Waals surface area contributed by atoms with Gasteiger partial charge in [-0.3, -0.25) is 5.10 Å². The van der Waals surface area contributed by atoms with Crippen molar-refractivity contribution in [3.63, 3.8) is 0 Å². The Bertz CT molecular complexity index is 358. The fourth-order valence-electron chi connectivity index (χ4n) is 0.961. The molecule has 0 fully saturated rings. The van der Waals surface area contributed by atoms with Crippen molar-refractivity contribution >= 4 is 64.5 Å². The summed E-state index contributed by atoms with van der Waals surface area (Å²) in [5, 5.41) is 7.76. The fraction of sp³-hybridized carbons (Fsp3) is 0. The second-order valence-electron chi connectivity index (χ2n) is 2.22. The Kier molecular flexibility index (Phi) is 4.83. The molecule has 0 aliphatic rings. The molecule has 3 nitrogen and oxygen atoms in total. The number of benzene rings is 1. The molecule has 1 aromatic carbocycles. The maximum absolute atomic E-state index is 5.54.